The Morgan fingerprint density at radius 1 is 1.07 bits per heavy atom. The molecule has 41 heavy (non-hydrogen) atoms. The first kappa shape index (κ1) is 27.1. The minimum Gasteiger partial charge on any atom is -0.390 e. The van der Waals surface area contributed by atoms with Crippen molar-refractivity contribution in [1.29, 1.82) is 0 Å². The van der Waals surface area contributed by atoms with Crippen molar-refractivity contribution in [2.45, 2.75) is 58.4 Å². The van der Waals surface area contributed by atoms with Crippen LogP contribution < -0.4 is 10.6 Å². The van der Waals surface area contributed by atoms with E-state index >= 15 is 0 Å². The lowest BCUT2D eigenvalue weighted by Gasteiger charge is -2.32. The van der Waals surface area contributed by atoms with Gasteiger partial charge in [0.05, 0.1) is 28.8 Å². The van der Waals surface area contributed by atoms with E-state index in [4.69, 9.17) is 5.73 Å². The minimum atomic E-state index is -4.54. The fourth-order valence-electron chi connectivity index (χ4n) is 6.45. The summed E-state index contributed by atoms with van der Waals surface area (Å²) in [7, 11) is 0. The molecule has 1 atom stereocenters. The number of primary amides is 1. The van der Waals surface area contributed by atoms with Crippen LogP contribution in [0.2, 0.25) is 0 Å². The summed E-state index contributed by atoms with van der Waals surface area (Å²) in [6.45, 7) is 5.68. The van der Waals surface area contributed by atoms with Gasteiger partial charge in [-0.1, -0.05) is 24.3 Å². The van der Waals surface area contributed by atoms with E-state index in [1.807, 2.05) is 39.0 Å². The third kappa shape index (κ3) is 4.39. The number of H-pyrrole nitrogens is 1. The number of aromatic nitrogens is 1. The molecule has 212 valence electrons. The number of hydrogen-bond donors (Lipinski definition) is 3. The molecular weight excluding hydrogens is 531 g/mol. The maximum atomic E-state index is 13.4. The molecule has 0 radical (unpaired) electrons. The topological polar surface area (TPSA) is 99.4 Å². The lowest BCUT2D eigenvalue weighted by molar-refractivity contribution is -0.137. The predicted octanol–water partition coefficient (Wildman–Crippen LogP) is 6.30. The van der Waals surface area contributed by atoms with E-state index in [0.717, 1.165) is 51.9 Å². The SMILES string of the molecule is Cc1c(-c2ccc(C(N)=O)c3[nH]c4c(c23)CCC(C(C)(C)O)C4)cccc1N1Cc2ccc(C(F)(F)F)cc2C1=O. The van der Waals surface area contributed by atoms with Gasteiger partial charge in [-0.15, -0.1) is 0 Å². The number of carbonyl (C=O) groups is 2. The van der Waals surface area contributed by atoms with Crippen molar-refractivity contribution in [3.8, 4) is 11.1 Å². The molecule has 0 bridgehead atoms. The highest BCUT2D eigenvalue weighted by Gasteiger charge is 2.36. The standard InChI is InChI=1S/C32H30F3N3O3/c1-16-20(5-4-6-26(16)38-15-17-7-8-19(32(33,34)35)13-24(17)30(38)40)21-11-12-23(29(36)39)28-27(21)22-10-9-18(31(2,3)41)14-25(22)37-28/h4-8,11-13,18,37,41H,9-10,14-15H2,1-3H3,(H2,36,39). The molecule has 0 spiro atoms. The summed E-state index contributed by atoms with van der Waals surface area (Å²) in [5.41, 5.74) is 10.8. The number of nitrogens with zero attached hydrogens (tertiary/aromatic N) is 1. The molecule has 4 aromatic rings. The maximum absolute atomic E-state index is 13.4. The molecule has 6 rings (SSSR count). The molecular formula is C32H30F3N3O3. The van der Waals surface area contributed by atoms with E-state index in [1.54, 1.807) is 12.1 Å². The second-order valence-electron chi connectivity index (χ2n) is 11.7. The normalized spacial score (nSPS) is 17.2. The van der Waals surface area contributed by atoms with Crippen molar-refractivity contribution in [1.82, 2.24) is 4.98 Å². The Hall–Kier alpha value is -4.11. The summed E-state index contributed by atoms with van der Waals surface area (Å²) in [5, 5.41) is 11.5. The number of anilines is 1. The van der Waals surface area contributed by atoms with Gasteiger partial charge < -0.3 is 20.7 Å². The number of nitrogens with one attached hydrogen (secondary N) is 1. The Bertz CT molecular complexity index is 1750. The van der Waals surface area contributed by atoms with Gasteiger partial charge in [0, 0.05) is 22.3 Å². The van der Waals surface area contributed by atoms with Gasteiger partial charge in [-0.3, -0.25) is 9.59 Å². The third-order valence-corrected chi connectivity index (χ3v) is 8.73. The van der Waals surface area contributed by atoms with Crippen molar-refractivity contribution in [3.63, 3.8) is 0 Å². The highest BCUT2D eigenvalue weighted by atomic mass is 19.4. The number of carbonyl (C=O) groups excluding carboxylic acids is 2. The van der Waals surface area contributed by atoms with E-state index in [0.29, 0.717) is 35.2 Å². The first-order chi connectivity index (χ1) is 19.3. The van der Waals surface area contributed by atoms with E-state index in [2.05, 4.69) is 4.98 Å². The van der Waals surface area contributed by atoms with E-state index in [9.17, 15) is 27.9 Å². The van der Waals surface area contributed by atoms with Crippen LogP contribution in [-0.2, 0) is 25.6 Å². The number of nitrogens with two attached hydrogens (primary N) is 1. The first-order valence-electron chi connectivity index (χ1n) is 13.6. The molecule has 0 fully saturated rings. The molecule has 9 heteroatoms. The van der Waals surface area contributed by atoms with Crippen molar-refractivity contribution in [3.05, 3.63) is 87.6 Å². The van der Waals surface area contributed by atoms with Gasteiger partial charge >= 0.3 is 6.18 Å². The van der Waals surface area contributed by atoms with Crippen LogP contribution in [0.15, 0.2) is 48.5 Å². The van der Waals surface area contributed by atoms with Gasteiger partial charge in [0.1, 0.15) is 0 Å². The lowest BCUT2D eigenvalue weighted by atomic mass is 9.77. The van der Waals surface area contributed by atoms with Gasteiger partial charge in [-0.25, -0.2) is 0 Å². The van der Waals surface area contributed by atoms with Gasteiger partial charge in [0.25, 0.3) is 11.8 Å². The summed E-state index contributed by atoms with van der Waals surface area (Å²) >= 11 is 0. The Kier molecular flexibility index (Phi) is 6.08. The average molecular weight is 562 g/mol. The molecule has 6 nitrogen and oxygen atoms in total. The van der Waals surface area contributed by atoms with Gasteiger partial charge in [0.2, 0.25) is 0 Å². The molecule has 1 aromatic heterocycles. The summed E-state index contributed by atoms with van der Waals surface area (Å²) in [5.74, 6) is -0.977. The Balaban J connectivity index is 1.46. The van der Waals surface area contributed by atoms with Crippen LogP contribution >= 0.6 is 0 Å². The monoisotopic (exact) mass is 561 g/mol. The molecule has 4 N–H and O–H groups in total. The largest absolute Gasteiger partial charge is 0.416 e. The lowest BCUT2D eigenvalue weighted by Crippen LogP contribution is -2.34. The third-order valence-electron chi connectivity index (χ3n) is 8.73. The highest BCUT2D eigenvalue weighted by Crippen LogP contribution is 2.44. The number of fused-ring (bicyclic) bond motifs is 4. The Morgan fingerprint density at radius 2 is 1.83 bits per heavy atom. The molecule has 0 saturated carbocycles. The Morgan fingerprint density at radius 3 is 2.51 bits per heavy atom. The van der Waals surface area contributed by atoms with Gasteiger partial charge in [0.15, 0.2) is 0 Å². The number of benzene rings is 3. The number of amides is 2. The van der Waals surface area contributed by atoms with Crippen molar-refractivity contribution >= 4 is 28.4 Å². The van der Waals surface area contributed by atoms with Crippen LogP contribution in [0.5, 0.6) is 0 Å². The smallest absolute Gasteiger partial charge is 0.390 e. The van der Waals surface area contributed by atoms with Gasteiger partial charge in [-0.2, -0.15) is 13.2 Å². The van der Waals surface area contributed by atoms with Crippen LogP contribution in [0.25, 0.3) is 22.0 Å². The van der Waals surface area contributed by atoms with Crippen LogP contribution in [0.1, 0.15) is 68.9 Å². The van der Waals surface area contributed by atoms with E-state index < -0.39 is 29.2 Å². The highest BCUT2D eigenvalue weighted by molar-refractivity contribution is 6.13. The summed E-state index contributed by atoms with van der Waals surface area (Å²) in [6.07, 6.45) is -2.42. The minimum absolute atomic E-state index is 0.0503. The molecule has 0 saturated heterocycles. The fourth-order valence-corrected chi connectivity index (χ4v) is 6.45. The number of hydrogen-bond acceptors (Lipinski definition) is 3. The predicted molar refractivity (Wildman–Crippen MR) is 151 cm³/mol. The van der Waals surface area contributed by atoms with Gasteiger partial charge in [-0.05, 0) is 98.0 Å². The zero-order chi connectivity index (χ0) is 29.4. The summed E-state index contributed by atoms with van der Waals surface area (Å²) < 4.78 is 40.0. The zero-order valence-electron chi connectivity index (χ0n) is 22.9. The van der Waals surface area contributed by atoms with Crippen molar-refractivity contribution in [2.24, 2.45) is 11.7 Å². The van der Waals surface area contributed by atoms with Crippen LogP contribution in [0, 0.1) is 12.8 Å². The van der Waals surface area contributed by atoms with Crippen molar-refractivity contribution < 1.29 is 27.9 Å². The molecule has 2 amide bonds. The summed E-state index contributed by atoms with van der Waals surface area (Å²) in [6, 6.07) is 12.4. The molecule has 3 aromatic carbocycles. The van der Waals surface area contributed by atoms with E-state index in [-0.39, 0.29) is 18.0 Å². The number of halogens is 3. The molecule has 1 unspecified atom stereocenters. The van der Waals surface area contributed by atoms with Crippen LogP contribution in [0.4, 0.5) is 18.9 Å². The molecule has 2 heterocycles. The molecule has 1 aliphatic carbocycles. The van der Waals surface area contributed by atoms with Crippen LogP contribution in [-0.4, -0.2) is 27.5 Å². The number of aryl methyl sites for hydroxylation is 1. The maximum Gasteiger partial charge on any atom is 0.416 e. The number of aliphatic hydroxyl groups is 1. The molecule has 1 aliphatic heterocycles. The van der Waals surface area contributed by atoms with Crippen molar-refractivity contribution in [2.75, 3.05) is 4.90 Å². The Labute approximate surface area is 235 Å². The zero-order valence-corrected chi connectivity index (χ0v) is 22.9. The number of aromatic amines is 1. The number of rotatable bonds is 4. The first-order valence-corrected chi connectivity index (χ1v) is 13.6. The quantitative estimate of drug-likeness (QED) is 0.273. The summed E-state index contributed by atoms with van der Waals surface area (Å²) in [4.78, 5) is 30.7. The second kappa shape index (κ2) is 9.21. The van der Waals surface area contributed by atoms with E-state index in [1.165, 1.54) is 11.0 Å². The molecule has 2 aliphatic rings. The number of alkyl halides is 3. The second-order valence-corrected chi connectivity index (χ2v) is 11.7. The van der Waals surface area contributed by atoms with Crippen LogP contribution in [0.3, 0.4) is 0 Å². The fraction of sp³-hybridized carbons (Fsp3) is 0.312. The average Bonchev–Trinajstić information content (AvgIpc) is 3.44.